The summed E-state index contributed by atoms with van der Waals surface area (Å²) in [5.41, 5.74) is -1.24. The highest BCUT2D eigenvalue weighted by molar-refractivity contribution is 5.67. The number of esters is 2. The van der Waals surface area contributed by atoms with Gasteiger partial charge in [-0.2, -0.15) is 0 Å². The van der Waals surface area contributed by atoms with Crippen LogP contribution in [0.2, 0.25) is 0 Å². The van der Waals surface area contributed by atoms with Crippen LogP contribution in [0.25, 0.3) is 0 Å². The van der Waals surface area contributed by atoms with Crippen LogP contribution in [0.4, 0.5) is 0 Å². The molecule has 0 heterocycles. The number of ether oxygens (including phenoxy) is 2. The van der Waals surface area contributed by atoms with Crippen LogP contribution in [0.15, 0.2) is 0 Å². The van der Waals surface area contributed by atoms with Gasteiger partial charge in [0.25, 0.3) is 0 Å². The highest BCUT2D eigenvalue weighted by atomic mass is 16.6. The Labute approximate surface area is 71.8 Å². The molecule has 12 heavy (non-hydrogen) atoms. The molecule has 2 radical (unpaired) electrons. The van der Waals surface area contributed by atoms with E-state index in [1.165, 1.54) is 20.8 Å². The second kappa shape index (κ2) is 4.09. The zero-order valence-corrected chi connectivity index (χ0v) is 7.42. The van der Waals surface area contributed by atoms with Gasteiger partial charge in [0.15, 0.2) is 0 Å². The van der Waals surface area contributed by atoms with E-state index in [1.54, 1.807) is 0 Å². The largest absolute Gasteiger partial charge is 0.462 e. The minimum Gasteiger partial charge on any atom is -0.462 e. The van der Waals surface area contributed by atoms with E-state index in [9.17, 15) is 9.59 Å². The number of carbonyl (C=O) groups excluding carboxylic acids is 2. The summed E-state index contributed by atoms with van der Waals surface area (Å²) in [4.78, 5) is 20.8. The maximum absolute atomic E-state index is 10.5. The first-order valence-corrected chi connectivity index (χ1v) is 3.45. The maximum Gasteiger partial charge on any atom is 0.303 e. The van der Waals surface area contributed by atoms with Gasteiger partial charge in [0.05, 0.1) is 0 Å². The van der Waals surface area contributed by atoms with Crippen molar-refractivity contribution in [3.8, 4) is 0 Å². The van der Waals surface area contributed by atoms with Crippen molar-refractivity contribution in [2.45, 2.75) is 26.4 Å². The van der Waals surface area contributed by atoms with Crippen molar-refractivity contribution in [3.05, 3.63) is 6.92 Å². The Bertz CT molecular complexity index is 183. The summed E-state index contributed by atoms with van der Waals surface area (Å²) in [5, 5.41) is 0. The zero-order chi connectivity index (χ0) is 9.78. The molecule has 0 aliphatic rings. The Kier molecular flexibility index (Phi) is 3.73. The summed E-state index contributed by atoms with van der Waals surface area (Å²) >= 11 is 0. The summed E-state index contributed by atoms with van der Waals surface area (Å²) in [6.45, 7) is 9.25. The third-order valence-electron chi connectivity index (χ3n) is 0.939. The molecule has 0 aromatic carbocycles. The molecular weight excluding hydrogens is 160 g/mol. The van der Waals surface area contributed by atoms with Gasteiger partial charge in [-0.25, -0.2) is 0 Å². The summed E-state index contributed by atoms with van der Waals surface area (Å²) < 4.78 is 9.22. The topological polar surface area (TPSA) is 52.6 Å². The van der Waals surface area contributed by atoms with Crippen LogP contribution >= 0.6 is 0 Å². The van der Waals surface area contributed by atoms with Gasteiger partial charge in [-0.1, -0.05) is 0 Å². The molecule has 68 valence electrons. The molecule has 4 heteroatoms. The standard InChI is InChI=1S/C8H12O4/c1-6(9)11-5-8(3,4)12-7(2)10/h3H,5H2,1-2,4H3/t8-/m1/s1. The van der Waals surface area contributed by atoms with E-state index in [-0.39, 0.29) is 6.61 Å². The minimum atomic E-state index is -1.24. The molecular formula is C8H12O4. The van der Waals surface area contributed by atoms with Crippen LogP contribution in [0, 0.1) is 6.92 Å². The second-order valence-electron chi connectivity index (χ2n) is 2.69. The molecule has 0 rings (SSSR count). The molecule has 0 bridgehead atoms. The predicted octanol–water partition coefficient (Wildman–Crippen LogP) is 0.582. The first-order valence-electron chi connectivity index (χ1n) is 3.45. The summed E-state index contributed by atoms with van der Waals surface area (Å²) in [6, 6.07) is 0. The predicted molar refractivity (Wildman–Crippen MR) is 41.1 cm³/mol. The van der Waals surface area contributed by atoms with Gasteiger partial charge in [-0.05, 0) is 6.92 Å². The molecule has 0 spiro atoms. The minimum absolute atomic E-state index is 0.137. The van der Waals surface area contributed by atoms with Gasteiger partial charge in [0.2, 0.25) is 0 Å². The summed E-state index contributed by atoms with van der Waals surface area (Å²) in [6.07, 6.45) is 0. The Hall–Kier alpha value is -1.06. The zero-order valence-electron chi connectivity index (χ0n) is 7.42. The Morgan fingerprint density at radius 1 is 1.33 bits per heavy atom. The van der Waals surface area contributed by atoms with Gasteiger partial charge in [-0.15, -0.1) is 0 Å². The number of hydrogen-bond acceptors (Lipinski definition) is 4. The van der Waals surface area contributed by atoms with E-state index in [1.807, 2.05) is 0 Å². The molecule has 0 aromatic rings. The van der Waals surface area contributed by atoms with Crippen molar-refractivity contribution < 1.29 is 19.1 Å². The van der Waals surface area contributed by atoms with Gasteiger partial charge in [0.1, 0.15) is 12.2 Å². The van der Waals surface area contributed by atoms with Gasteiger partial charge >= 0.3 is 11.9 Å². The highest BCUT2D eigenvalue weighted by Crippen LogP contribution is 2.08. The number of hydrogen-bond donors (Lipinski definition) is 0. The first kappa shape index (κ1) is 10.9. The molecule has 4 nitrogen and oxygen atoms in total. The SMILES string of the molecule is [CH][C@@](C)(COC(C)=O)OC(C)=O. The van der Waals surface area contributed by atoms with Gasteiger partial charge < -0.3 is 9.47 Å². The lowest BCUT2D eigenvalue weighted by atomic mass is 10.1. The smallest absolute Gasteiger partial charge is 0.303 e. The fourth-order valence-corrected chi connectivity index (χ4v) is 0.603. The Balaban J connectivity index is 3.86. The lowest BCUT2D eigenvalue weighted by Gasteiger charge is -2.22. The van der Waals surface area contributed by atoms with Crippen LogP contribution < -0.4 is 0 Å². The van der Waals surface area contributed by atoms with E-state index in [4.69, 9.17) is 6.92 Å². The van der Waals surface area contributed by atoms with E-state index >= 15 is 0 Å². The Morgan fingerprint density at radius 3 is 2.17 bits per heavy atom. The van der Waals surface area contributed by atoms with Crippen molar-refractivity contribution in [3.63, 3.8) is 0 Å². The quantitative estimate of drug-likeness (QED) is 0.584. The fraction of sp³-hybridized carbons (Fsp3) is 0.625. The monoisotopic (exact) mass is 172 g/mol. The second-order valence-corrected chi connectivity index (χ2v) is 2.69. The molecule has 0 aliphatic carbocycles. The molecule has 1 atom stereocenters. The normalized spacial score (nSPS) is 10.7. The molecule has 0 unspecified atom stereocenters. The van der Waals surface area contributed by atoms with Crippen LogP contribution in [0.5, 0.6) is 0 Å². The summed E-state index contributed by atoms with van der Waals surface area (Å²) in [7, 11) is 0. The third-order valence-corrected chi connectivity index (χ3v) is 0.939. The molecule has 0 aliphatic heterocycles. The van der Waals surface area contributed by atoms with Crippen LogP contribution in [0.1, 0.15) is 20.8 Å². The van der Waals surface area contributed by atoms with Crippen LogP contribution in [-0.4, -0.2) is 24.1 Å². The lowest BCUT2D eigenvalue weighted by Crippen LogP contribution is -2.33. The highest BCUT2D eigenvalue weighted by Gasteiger charge is 2.23. The molecule has 0 fully saturated rings. The van der Waals surface area contributed by atoms with Crippen molar-refractivity contribution in [1.82, 2.24) is 0 Å². The molecule has 0 amide bonds. The first-order chi connectivity index (χ1) is 5.33. The summed E-state index contributed by atoms with van der Waals surface area (Å²) in [5.74, 6) is -0.967. The average molecular weight is 172 g/mol. The molecule has 0 saturated heterocycles. The van der Waals surface area contributed by atoms with Crippen molar-refractivity contribution in [2.75, 3.05) is 6.61 Å². The van der Waals surface area contributed by atoms with Crippen LogP contribution in [-0.2, 0) is 19.1 Å². The fourth-order valence-electron chi connectivity index (χ4n) is 0.603. The molecule has 0 saturated carbocycles. The van der Waals surface area contributed by atoms with Crippen molar-refractivity contribution in [1.29, 1.82) is 0 Å². The lowest BCUT2D eigenvalue weighted by molar-refractivity contribution is -0.162. The van der Waals surface area contributed by atoms with E-state index in [0.29, 0.717) is 0 Å². The van der Waals surface area contributed by atoms with Crippen LogP contribution in [0.3, 0.4) is 0 Å². The van der Waals surface area contributed by atoms with Crippen molar-refractivity contribution >= 4 is 11.9 Å². The van der Waals surface area contributed by atoms with E-state index in [2.05, 4.69) is 9.47 Å². The van der Waals surface area contributed by atoms with E-state index < -0.39 is 17.5 Å². The number of carbonyl (C=O) groups is 2. The molecule has 0 N–H and O–H groups in total. The average Bonchev–Trinajstić information content (AvgIpc) is 1.81. The third kappa shape index (κ3) is 5.70. The Morgan fingerprint density at radius 2 is 1.83 bits per heavy atom. The van der Waals surface area contributed by atoms with Gasteiger partial charge in [-0.3, -0.25) is 9.59 Å². The molecule has 0 aromatic heterocycles. The number of rotatable bonds is 3. The van der Waals surface area contributed by atoms with E-state index in [0.717, 1.165) is 0 Å². The van der Waals surface area contributed by atoms with Crippen molar-refractivity contribution in [2.24, 2.45) is 0 Å². The maximum atomic E-state index is 10.5. The van der Waals surface area contributed by atoms with Gasteiger partial charge in [0, 0.05) is 20.8 Å².